The van der Waals surface area contributed by atoms with Gasteiger partial charge in [-0.1, -0.05) is 25.7 Å². The van der Waals surface area contributed by atoms with Gasteiger partial charge in [-0.3, -0.25) is 14.5 Å². The van der Waals surface area contributed by atoms with Gasteiger partial charge in [0.2, 0.25) is 11.8 Å². The SMILES string of the molecule is COCCN1CC(CNC(=O)C2(N3CCCCC3)CCCCC2)CC1=O. The summed E-state index contributed by atoms with van der Waals surface area (Å²) in [5, 5.41) is 3.24. The van der Waals surface area contributed by atoms with Crippen LogP contribution in [-0.4, -0.2) is 73.6 Å². The molecule has 6 heteroatoms. The first-order chi connectivity index (χ1) is 12.7. The third-order valence-corrected chi connectivity index (χ3v) is 6.48. The predicted octanol–water partition coefficient (Wildman–Crippen LogP) is 1.79. The number of amides is 2. The summed E-state index contributed by atoms with van der Waals surface area (Å²) >= 11 is 0. The van der Waals surface area contributed by atoms with Gasteiger partial charge < -0.3 is 15.0 Å². The Labute approximate surface area is 157 Å². The van der Waals surface area contributed by atoms with Gasteiger partial charge in [-0.25, -0.2) is 0 Å². The van der Waals surface area contributed by atoms with Gasteiger partial charge in [-0.15, -0.1) is 0 Å². The highest BCUT2D eigenvalue weighted by Gasteiger charge is 2.45. The van der Waals surface area contributed by atoms with E-state index < -0.39 is 0 Å². The number of carbonyl (C=O) groups excluding carboxylic acids is 2. The lowest BCUT2D eigenvalue weighted by atomic mass is 9.78. The molecule has 2 saturated heterocycles. The van der Waals surface area contributed by atoms with Gasteiger partial charge in [-0.05, 0) is 38.8 Å². The maximum atomic E-state index is 13.2. The van der Waals surface area contributed by atoms with Crippen LogP contribution < -0.4 is 5.32 Å². The van der Waals surface area contributed by atoms with Crippen molar-refractivity contribution in [3.63, 3.8) is 0 Å². The van der Waals surface area contributed by atoms with E-state index in [1.807, 2.05) is 4.90 Å². The number of hydrogen-bond donors (Lipinski definition) is 1. The largest absolute Gasteiger partial charge is 0.383 e. The molecule has 0 aromatic heterocycles. The number of ether oxygens (including phenoxy) is 1. The van der Waals surface area contributed by atoms with Crippen LogP contribution in [0.3, 0.4) is 0 Å². The first kappa shape index (κ1) is 19.6. The summed E-state index contributed by atoms with van der Waals surface area (Å²) in [6.07, 6.45) is 9.77. The summed E-state index contributed by atoms with van der Waals surface area (Å²) in [6.45, 7) is 4.68. The Kier molecular flexibility index (Phi) is 6.92. The third-order valence-electron chi connectivity index (χ3n) is 6.48. The van der Waals surface area contributed by atoms with E-state index in [-0.39, 0.29) is 23.3 Å². The number of rotatable bonds is 7. The van der Waals surface area contributed by atoms with Crippen LogP contribution in [0.4, 0.5) is 0 Å². The number of nitrogens with zero attached hydrogens (tertiary/aromatic N) is 2. The second-order valence-electron chi connectivity index (χ2n) is 8.25. The van der Waals surface area contributed by atoms with Crippen LogP contribution in [0.5, 0.6) is 0 Å². The first-order valence-electron chi connectivity index (χ1n) is 10.5. The molecule has 1 unspecified atom stereocenters. The molecule has 0 bridgehead atoms. The second-order valence-corrected chi connectivity index (χ2v) is 8.25. The third kappa shape index (κ3) is 4.39. The van der Waals surface area contributed by atoms with Crippen LogP contribution in [-0.2, 0) is 14.3 Å². The number of piperidine rings is 1. The van der Waals surface area contributed by atoms with E-state index >= 15 is 0 Å². The van der Waals surface area contributed by atoms with Crippen LogP contribution >= 0.6 is 0 Å². The Morgan fingerprint density at radius 2 is 1.85 bits per heavy atom. The molecule has 0 radical (unpaired) electrons. The average Bonchev–Trinajstić information content (AvgIpc) is 3.05. The standard InChI is InChI=1S/C20H35N3O3/c1-26-13-12-22-16-17(14-18(22)24)15-21-19(25)20(8-4-2-5-9-20)23-10-6-3-7-11-23/h17H,2-16H2,1H3,(H,21,25). The molecule has 2 heterocycles. The summed E-state index contributed by atoms with van der Waals surface area (Å²) in [7, 11) is 1.66. The van der Waals surface area contributed by atoms with E-state index in [4.69, 9.17) is 4.74 Å². The zero-order valence-corrected chi connectivity index (χ0v) is 16.3. The summed E-state index contributed by atoms with van der Waals surface area (Å²) < 4.78 is 5.08. The highest BCUT2D eigenvalue weighted by atomic mass is 16.5. The number of likely N-dealkylation sites (tertiary alicyclic amines) is 2. The zero-order chi connectivity index (χ0) is 18.4. The van der Waals surface area contributed by atoms with Gasteiger partial charge >= 0.3 is 0 Å². The number of nitrogens with one attached hydrogen (secondary N) is 1. The van der Waals surface area contributed by atoms with Crippen molar-refractivity contribution in [3.05, 3.63) is 0 Å². The second kappa shape index (κ2) is 9.18. The van der Waals surface area contributed by atoms with Crippen LogP contribution in [0.25, 0.3) is 0 Å². The molecule has 1 aliphatic carbocycles. The predicted molar refractivity (Wildman–Crippen MR) is 101 cm³/mol. The van der Waals surface area contributed by atoms with Crippen molar-refractivity contribution < 1.29 is 14.3 Å². The van der Waals surface area contributed by atoms with Crippen molar-refractivity contribution in [2.24, 2.45) is 5.92 Å². The molecule has 1 atom stereocenters. The lowest BCUT2D eigenvalue weighted by molar-refractivity contribution is -0.137. The molecule has 6 nitrogen and oxygen atoms in total. The van der Waals surface area contributed by atoms with Crippen molar-refractivity contribution in [3.8, 4) is 0 Å². The Morgan fingerprint density at radius 3 is 2.54 bits per heavy atom. The van der Waals surface area contributed by atoms with E-state index in [1.54, 1.807) is 7.11 Å². The molecule has 3 fully saturated rings. The highest BCUT2D eigenvalue weighted by Crippen LogP contribution is 2.36. The van der Waals surface area contributed by atoms with Crippen molar-refractivity contribution in [1.29, 1.82) is 0 Å². The van der Waals surface area contributed by atoms with Gasteiger partial charge in [0.05, 0.1) is 6.61 Å². The molecule has 2 amide bonds. The Hall–Kier alpha value is -1.14. The van der Waals surface area contributed by atoms with Crippen molar-refractivity contribution in [2.45, 2.75) is 63.3 Å². The number of carbonyl (C=O) groups is 2. The Morgan fingerprint density at radius 1 is 1.15 bits per heavy atom. The van der Waals surface area contributed by atoms with Crippen LogP contribution in [0.1, 0.15) is 57.8 Å². The van der Waals surface area contributed by atoms with E-state index in [2.05, 4.69) is 10.2 Å². The van der Waals surface area contributed by atoms with E-state index in [0.29, 0.717) is 26.1 Å². The van der Waals surface area contributed by atoms with Gasteiger partial charge in [0, 0.05) is 39.1 Å². The first-order valence-corrected chi connectivity index (χ1v) is 10.5. The van der Waals surface area contributed by atoms with Crippen molar-refractivity contribution in [1.82, 2.24) is 15.1 Å². The normalized spacial score (nSPS) is 26.9. The lowest BCUT2D eigenvalue weighted by Crippen LogP contribution is -2.61. The summed E-state index contributed by atoms with van der Waals surface area (Å²) in [6, 6.07) is 0. The van der Waals surface area contributed by atoms with E-state index in [1.165, 1.54) is 25.7 Å². The molecular weight excluding hydrogens is 330 g/mol. The van der Waals surface area contributed by atoms with Gasteiger partial charge in [-0.2, -0.15) is 0 Å². The fraction of sp³-hybridized carbons (Fsp3) is 0.900. The molecule has 0 spiro atoms. The zero-order valence-electron chi connectivity index (χ0n) is 16.3. The van der Waals surface area contributed by atoms with Crippen LogP contribution in [0, 0.1) is 5.92 Å². The maximum Gasteiger partial charge on any atom is 0.240 e. The lowest BCUT2D eigenvalue weighted by Gasteiger charge is -2.46. The fourth-order valence-corrected chi connectivity index (χ4v) is 4.96. The molecule has 0 aromatic rings. The Bertz CT molecular complexity index is 485. The van der Waals surface area contributed by atoms with Crippen LogP contribution in [0.2, 0.25) is 0 Å². The topological polar surface area (TPSA) is 61.9 Å². The van der Waals surface area contributed by atoms with Crippen LogP contribution in [0.15, 0.2) is 0 Å². The van der Waals surface area contributed by atoms with Gasteiger partial charge in [0.15, 0.2) is 0 Å². The summed E-state index contributed by atoms with van der Waals surface area (Å²) in [4.78, 5) is 29.7. The molecule has 2 aliphatic heterocycles. The maximum absolute atomic E-state index is 13.2. The van der Waals surface area contributed by atoms with Crippen molar-refractivity contribution in [2.75, 3.05) is 46.4 Å². The number of methoxy groups -OCH3 is 1. The summed E-state index contributed by atoms with van der Waals surface area (Å²) in [5.74, 6) is 0.622. The average molecular weight is 366 g/mol. The molecule has 0 aromatic carbocycles. The van der Waals surface area contributed by atoms with E-state index in [9.17, 15) is 9.59 Å². The number of hydrogen-bond acceptors (Lipinski definition) is 4. The quantitative estimate of drug-likeness (QED) is 0.747. The molecule has 3 aliphatic rings. The molecule has 148 valence electrons. The molecule has 1 saturated carbocycles. The van der Waals surface area contributed by atoms with Gasteiger partial charge in [0.25, 0.3) is 0 Å². The van der Waals surface area contributed by atoms with Gasteiger partial charge in [0.1, 0.15) is 5.54 Å². The Balaban J connectivity index is 1.56. The van der Waals surface area contributed by atoms with E-state index in [0.717, 1.165) is 45.3 Å². The minimum Gasteiger partial charge on any atom is -0.383 e. The fourth-order valence-electron chi connectivity index (χ4n) is 4.96. The molecule has 26 heavy (non-hydrogen) atoms. The molecule has 1 N–H and O–H groups in total. The smallest absolute Gasteiger partial charge is 0.240 e. The van der Waals surface area contributed by atoms with Crippen molar-refractivity contribution >= 4 is 11.8 Å². The monoisotopic (exact) mass is 365 g/mol. The molecule has 3 rings (SSSR count). The summed E-state index contributed by atoms with van der Waals surface area (Å²) in [5.41, 5.74) is -0.295. The minimum absolute atomic E-state index is 0.185. The highest BCUT2D eigenvalue weighted by molar-refractivity contribution is 5.86. The molecular formula is C20H35N3O3. The minimum atomic E-state index is -0.295.